The van der Waals surface area contributed by atoms with Gasteiger partial charge in [0, 0.05) is 24.1 Å². The van der Waals surface area contributed by atoms with E-state index in [0.29, 0.717) is 0 Å². The summed E-state index contributed by atoms with van der Waals surface area (Å²) in [5.41, 5.74) is 10.6. The number of hydrogen-bond acceptors (Lipinski definition) is 1. The molecule has 0 aliphatic carbocycles. The number of nitrogens with two attached hydrogens (primary N) is 1. The fourth-order valence-electron chi connectivity index (χ4n) is 2.13. The van der Waals surface area contributed by atoms with Gasteiger partial charge in [0.25, 0.3) is 0 Å². The molecule has 0 fully saturated rings. The predicted octanol–water partition coefficient (Wildman–Crippen LogP) is 3.18. The van der Waals surface area contributed by atoms with Crippen molar-refractivity contribution in [2.75, 3.05) is 5.73 Å². The standard InChI is InChI=1S/C15H20N2/c1-3-14-5-4-9-17(14)10-8-13-6-7-15(16)12(2)11-13/h4-7,9,11H,3,8,10,16H2,1-2H3. The molecule has 0 aliphatic heterocycles. The summed E-state index contributed by atoms with van der Waals surface area (Å²) in [5, 5.41) is 0. The van der Waals surface area contributed by atoms with Crippen LogP contribution in [0, 0.1) is 6.92 Å². The number of rotatable bonds is 4. The van der Waals surface area contributed by atoms with E-state index < -0.39 is 0 Å². The van der Waals surface area contributed by atoms with Gasteiger partial charge < -0.3 is 10.3 Å². The molecule has 0 saturated heterocycles. The van der Waals surface area contributed by atoms with Crippen molar-refractivity contribution in [2.24, 2.45) is 0 Å². The highest BCUT2D eigenvalue weighted by Crippen LogP contribution is 2.14. The fourth-order valence-corrected chi connectivity index (χ4v) is 2.13. The number of nitrogen functional groups attached to an aromatic ring is 1. The summed E-state index contributed by atoms with van der Waals surface area (Å²) in [6.07, 6.45) is 4.31. The van der Waals surface area contributed by atoms with Gasteiger partial charge in [-0.15, -0.1) is 0 Å². The van der Waals surface area contributed by atoms with Gasteiger partial charge in [-0.25, -0.2) is 0 Å². The van der Waals surface area contributed by atoms with Crippen molar-refractivity contribution in [3.8, 4) is 0 Å². The highest BCUT2D eigenvalue weighted by atomic mass is 15.0. The molecule has 0 radical (unpaired) electrons. The lowest BCUT2D eigenvalue weighted by atomic mass is 10.1. The first-order valence-electron chi connectivity index (χ1n) is 6.19. The van der Waals surface area contributed by atoms with Crippen molar-refractivity contribution in [3.63, 3.8) is 0 Å². The molecule has 90 valence electrons. The summed E-state index contributed by atoms with van der Waals surface area (Å²) >= 11 is 0. The van der Waals surface area contributed by atoms with Crippen LogP contribution < -0.4 is 5.73 Å². The molecule has 0 aliphatic rings. The van der Waals surface area contributed by atoms with Crippen LogP contribution in [-0.4, -0.2) is 4.57 Å². The van der Waals surface area contributed by atoms with E-state index in [0.717, 1.165) is 25.1 Å². The molecule has 2 aromatic rings. The first-order chi connectivity index (χ1) is 8.20. The van der Waals surface area contributed by atoms with Gasteiger partial charge in [0.15, 0.2) is 0 Å². The molecule has 17 heavy (non-hydrogen) atoms. The van der Waals surface area contributed by atoms with E-state index in [4.69, 9.17) is 5.73 Å². The van der Waals surface area contributed by atoms with E-state index in [1.54, 1.807) is 0 Å². The normalized spacial score (nSPS) is 10.7. The highest BCUT2D eigenvalue weighted by molar-refractivity contribution is 5.47. The highest BCUT2D eigenvalue weighted by Gasteiger charge is 2.00. The average molecular weight is 228 g/mol. The van der Waals surface area contributed by atoms with Crippen LogP contribution in [0.2, 0.25) is 0 Å². The van der Waals surface area contributed by atoms with E-state index in [9.17, 15) is 0 Å². The Morgan fingerprint density at radius 2 is 2.06 bits per heavy atom. The molecule has 1 heterocycles. The lowest BCUT2D eigenvalue weighted by Gasteiger charge is -2.09. The fraction of sp³-hybridized carbons (Fsp3) is 0.333. The number of nitrogens with zero attached hydrogens (tertiary/aromatic N) is 1. The monoisotopic (exact) mass is 228 g/mol. The van der Waals surface area contributed by atoms with Gasteiger partial charge in [-0.1, -0.05) is 19.1 Å². The van der Waals surface area contributed by atoms with Gasteiger partial charge in [-0.2, -0.15) is 0 Å². The Morgan fingerprint density at radius 3 is 2.76 bits per heavy atom. The minimum absolute atomic E-state index is 0.879. The van der Waals surface area contributed by atoms with Gasteiger partial charge in [-0.05, 0) is 49.1 Å². The van der Waals surface area contributed by atoms with Crippen LogP contribution in [0.1, 0.15) is 23.7 Å². The van der Waals surface area contributed by atoms with Crippen molar-refractivity contribution < 1.29 is 0 Å². The lowest BCUT2D eigenvalue weighted by Crippen LogP contribution is -2.04. The third-order valence-electron chi connectivity index (χ3n) is 3.26. The summed E-state index contributed by atoms with van der Waals surface area (Å²) < 4.78 is 2.33. The number of anilines is 1. The van der Waals surface area contributed by atoms with Crippen molar-refractivity contribution >= 4 is 5.69 Å². The predicted molar refractivity (Wildman–Crippen MR) is 73.1 cm³/mol. The second-order valence-electron chi connectivity index (χ2n) is 4.49. The largest absolute Gasteiger partial charge is 0.399 e. The lowest BCUT2D eigenvalue weighted by molar-refractivity contribution is 0.667. The van der Waals surface area contributed by atoms with Crippen LogP contribution in [0.4, 0.5) is 5.69 Å². The summed E-state index contributed by atoms with van der Waals surface area (Å²) in [7, 11) is 0. The minimum Gasteiger partial charge on any atom is -0.399 e. The second-order valence-corrected chi connectivity index (χ2v) is 4.49. The molecule has 0 saturated carbocycles. The smallest absolute Gasteiger partial charge is 0.0343 e. The van der Waals surface area contributed by atoms with Gasteiger partial charge in [0.2, 0.25) is 0 Å². The Hall–Kier alpha value is -1.70. The van der Waals surface area contributed by atoms with E-state index in [-0.39, 0.29) is 0 Å². The van der Waals surface area contributed by atoms with E-state index in [2.05, 4.69) is 48.9 Å². The first-order valence-corrected chi connectivity index (χ1v) is 6.19. The molecular weight excluding hydrogens is 208 g/mol. The Balaban J connectivity index is 2.05. The van der Waals surface area contributed by atoms with Crippen LogP contribution in [0.5, 0.6) is 0 Å². The van der Waals surface area contributed by atoms with Crippen LogP contribution in [0.15, 0.2) is 36.5 Å². The number of hydrogen-bond donors (Lipinski definition) is 1. The maximum absolute atomic E-state index is 5.82. The Morgan fingerprint density at radius 1 is 1.24 bits per heavy atom. The molecule has 2 N–H and O–H groups in total. The summed E-state index contributed by atoms with van der Waals surface area (Å²) in [6.45, 7) is 5.30. The van der Waals surface area contributed by atoms with Crippen molar-refractivity contribution in [2.45, 2.75) is 33.2 Å². The van der Waals surface area contributed by atoms with Gasteiger partial charge in [0.1, 0.15) is 0 Å². The molecule has 2 nitrogen and oxygen atoms in total. The maximum atomic E-state index is 5.82. The maximum Gasteiger partial charge on any atom is 0.0343 e. The molecule has 0 bridgehead atoms. The molecule has 0 unspecified atom stereocenters. The van der Waals surface area contributed by atoms with Crippen molar-refractivity contribution in [1.82, 2.24) is 4.57 Å². The molecule has 1 aromatic carbocycles. The number of aryl methyl sites for hydroxylation is 4. The van der Waals surface area contributed by atoms with E-state index >= 15 is 0 Å². The van der Waals surface area contributed by atoms with Crippen LogP contribution in [0.3, 0.4) is 0 Å². The zero-order chi connectivity index (χ0) is 12.3. The SMILES string of the molecule is CCc1cccn1CCc1ccc(N)c(C)c1. The average Bonchev–Trinajstić information content (AvgIpc) is 2.78. The summed E-state index contributed by atoms with van der Waals surface area (Å²) in [6, 6.07) is 10.6. The van der Waals surface area contributed by atoms with Gasteiger partial charge >= 0.3 is 0 Å². The third kappa shape index (κ3) is 2.70. The molecule has 1 aromatic heterocycles. The van der Waals surface area contributed by atoms with Gasteiger partial charge in [0.05, 0.1) is 0 Å². The van der Waals surface area contributed by atoms with Gasteiger partial charge in [-0.3, -0.25) is 0 Å². The van der Waals surface area contributed by atoms with Crippen molar-refractivity contribution in [1.29, 1.82) is 0 Å². The molecule has 0 atom stereocenters. The van der Waals surface area contributed by atoms with Crippen LogP contribution in [0.25, 0.3) is 0 Å². The molecule has 2 heteroatoms. The number of benzene rings is 1. The summed E-state index contributed by atoms with van der Waals surface area (Å²) in [4.78, 5) is 0. The topological polar surface area (TPSA) is 30.9 Å². The Labute approximate surface area is 103 Å². The Kier molecular flexibility index (Phi) is 3.52. The quantitative estimate of drug-likeness (QED) is 0.800. The first kappa shape index (κ1) is 11.8. The van der Waals surface area contributed by atoms with E-state index in [1.807, 2.05) is 6.07 Å². The van der Waals surface area contributed by atoms with E-state index in [1.165, 1.54) is 16.8 Å². The Bertz CT molecular complexity index is 497. The number of aromatic nitrogens is 1. The zero-order valence-electron chi connectivity index (χ0n) is 10.6. The molecular formula is C15H20N2. The molecule has 0 spiro atoms. The van der Waals surface area contributed by atoms with Crippen molar-refractivity contribution in [3.05, 3.63) is 53.3 Å². The van der Waals surface area contributed by atoms with Crippen LogP contribution in [-0.2, 0) is 19.4 Å². The van der Waals surface area contributed by atoms with Crippen LogP contribution >= 0.6 is 0 Å². The summed E-state index contributed by atoms with van der Waals surface area (Å²) in [5.74, 6) is 0. The minimum atomic E-state index is 0.879. The third-order valence-corrected chi connectivity index (χ3v) is 3.26. The zero-order valence-corrected chi connectivity index (χ0v) is 10.6. The molecule has 0 amide bonds. The molecule has 2 rings (SSSR count). The second kappa shape index (κ2) is 5.09.